The van der Waals surface area contributed by atoms with Crippen molar-refractivity contribution in [1.29, 1.82) is 0 Å². The van der Waals surface area contributed by atoms with Gasteiger partial charge in [0.05, 0.1) is 12.7 Å². The summed E-state index contributed by atoms with van der Waals surface area (Å²) in [4.78, 5) is 22.1. The second-order valence-corrected chi connectivity index (χ2v) is 3.70. The lowest BCUT2D eigenvalue weighted by molar-refractivity contribution is -0.136. The van der Waals surface area contributed by atoms with Gasteiger partial charge in [-0.1, -0.05) is 12.1 Å². The Labute approximate surface area is 103 Å². The molecule has 2 aromatic rings. The van der Waals surface area contributed by atoms with Crippen LogP contribution in [-0.4, -0.2) is 17.0 Å². The Morgan fingerprint density at radius 2 is 1.89 bits per heavy atom. The Kier molecular flexibility index (Phi) is 3.43. The van der Waals surface area contributed by atoms with Gasteiger partial charge in [0.25, 0.3) is 5.91 Å². The Morgan fingerprint density at radius 3 is 2.44 bits per heavy atom. The van der Waals surface area contributed by atoms with Crippen molar-refractivity contribution in [3.63, 3.8) is 0 Å². The number of amides is 1. The van der Waals surface area contributed by atoms with Gasteiger partial charge in [0.1, 0.15) is 0 Å². The van der Waals surface area contributed by atoms with Crippen LogP contribution in [0, 0.1) is 0 Å². The number of aliphatic carboxylic acids is 1. The molecule has 0 aliphatic carbocycles. The molecule has 0 aliphatic heterocycles. The fourth-order valence-electron chi connectivity index (χ4n) is 1.48. The summed E-state index contributed by atoms with van der Waals surface area (Å²) in [6.07, 6.45) is 1.39. The molecule has 1 heterocycles. The molecule has 0 radical (unpaired) electrons. The number of benzene rings is 1. The minimum absolute atomic E-state index is 0.0353. The average molecular weight is 245 g/mol. The zero-order valence-corrected chi connectivity index (χ0v) is 9.42. The minimum Gasteiger partial charge on any atom is -0.481 e. The number of carboxylic acid groups (broad SMARTS) is 1. The predicted octanol–water partition coefficient (Wildman–Crippen LogP) is 2.16. The zero-order valence-electron chi connectivity index (χ0n) is 9.42. The third kappa shape index (κ3) is 2.98. The summed E-state index contributed by atoms with van der Waals surface area (Å²) in [5.41, 5.74) is 1.27. The van der Waals surface area contributed by atoms with Gasteiger partial charge < -0.3 is 14.8 Å². The highest BCUT2D eigenvalue weighted by Gasteiger charge is 2.08. The summed E-state index contributed by atoms with van der Waals surface area (Å²) >= 11 is 0. The van der Waals surface area contributed by atoms with Crippen molar-refractivity contribution in [3.8, 4) is 0 Å². The zero-order chi connectivity index (χ0) is 13.0. The van der Waals surface area contributed by atoms with E-state index in [-0.39, 0.29) is 18.1 Å². The van der Waals surface area contributed by atoms with E-state index in [2.05, 4.69) is 5.32 Å². The van der Waals surface area contributed by atoms with Gasteiger partial charge in [-0.3, -0.25) is 9.59 Å². The fourth-order valence-corrected chi connectivity index (χ4v) is 1.48. The van der Waals surface area contributed by atoms with Crippen LogP contribution in [0.1, 0.15) is 16.1 Å². The van der Waals surface area contributed by atoms with E-state index in [0.29, 0.717) is 11.3 Å². The molecule has 2 rings (SSSR count). The molecule has 0 unspecified atom stereocenters. The normalized spacial score (nSPS) is 10.0. The summed E-state index contributed by atoms with van der Waals surface area (Å²) in [7, 11) is 0. The molecular formula is C13H11NO4. The maximum Gasteiger partial charge on any atom is 0.307 e. The summed E-state index contributed by atoms with van der Waals surface area (Å²) in [5.74, 6) is -1.00. The quantitative estimate of drug-likeness (QED) is 0.865. The minimum atomic E-state index is -0.887. The Morgan fingerprint density at radius 1 is 1.17 bits per heavy atom. The van der Waals surface area contributed by atoms with Crippen LogP contribution in [0.5, 0.6) is 0 Å². The van der Waals surface area contributed by atoms with Crippen molar-refractivity contribution in [1.82, 2.24) is 0 Å². The SMILES string of the molecule is O=C(O)Cc1ccc(NC(=O)c2ccco2)cc1. The lowest BCUT2D eigenvalue weighted by atomic mass is 10.1. The van der Waals surface area contributed by atoms with E-state index in [1.807, 2.05) is 0 Å². The van der Waals surface area contributed by atoms with Crippen molar-refractivity contribution in [2.45, 2.75) is 6.42 Å². The molecule has 1 amide bonds. The third-order valence-electron chi connectivity index (χ3n) is 2.31. The van der Waals surface area contributed by atoms with Crippen molar-refractivity contribution in [3.05, 3.63) is 54.0 Å². The number of furan rings is 1. The summed E-state index contributed by atoms with van der Waals surface area (Å²) in [6.45, 7) is 0. The Bertz CT molecular complexity index is 543. The number of carbonyl (C=O) groups excluding carboxylic acids is 1. The molecule has 0 bridgehead atoms. The van der Waals surface area contributed by atoms with Crippen molar-refractivity contribution < 1.29 is 19.1 Å². The van der Waals surface area contributed by atoms with Crippen LogP contribution in [0.2, 0.25) is 0 Å². The molecule has 18 heavy (non-hydrogen) atoms. The van der Waals surface area contributed by atoms with Crippen LogP contribution in [0.3, 0.4) is 0 Å². The number of carbonyl (C=O) groups is 2. The maximum atomic E-state index is 11.6. The first-order chi connectivity index (χ1) is 8.65. The Balaban J connectivity index is 2.02. The second-order valence-electron chi connectivity index (χ2n) is 3.70. The molecule has 0 fully saturated rings. The van der Waals surface area contributed by atoms with Crippen LogP contribution >= 0.6 is 0 Å². The summed E-state index contributed by atoms with van der Waals surface area (Å²) in [6, 6.07) is 9.81. The maximum absolute atomic E-state index is 11.6. The average Bonchev–Trinajstić information content (AvgIpc) is 2.84. The molecule has 0 spiro atoms. The van der Waals surface area contributed by atoms with E-state index in [1.165, 1.54) is 6.26 Å². The van der Waals surface area contributed by atoms with Gasteiger partial charge in [-0.25, -0.2) is 0 Å². The standard InChI is InChI=1S/C13H11NO4/c15-12(16)8-9-3-5-10(6-4-9)14-13(17)11-2-1-7-18-11/h1-7H,8H2,(H,14,17)(H,15,16). The number of hydrogen-bond acceptors (Lipinski definition) is 3. The van der Waals surface area contributed by atoms with Gasteiger partial charge in [-0.2, -0.15) is 0 Å². The number of rotatable bonds is 4. The lowest BCUT2D eigenvalue weighted by Gasteiger charge is -2.04. The monoisotopic (exact) mass is 245 g/mol. The highest BCUT2D eigenvalue weighted by atomic mass is 16.4. The number of hydrogen-bond donors (Lipinski definition) is 2. The van der Waals surface area contributed by atoms with E-state index in [0.717, 1.165) is 0 Å². The highest BCUT2D eigenvalue weighted by Crippen LogP contribution is 2.12. The third-order valence-corrected chi connectivity index (χ3v) is 2.31. The molecular weight excluding hydrogens is 234 g/mol. The van der Waals surface area contributed by atoms with Crippen molar-refractivity contribution >= 4 is 17.6 Å². The molecule has 1 aromatic carbocycles. The smallest absolute Gasteiger partial charge is 0.307 e. The number of anilines is 1. The van der Waals surface area contributed by atoms with Gasteiger partial charge in [0.15, 0.2) is 5.76 Å². The van der Waals surface area contributed by atoms with E-state index in [9.17, 15) is 9.59 Å². The van der Waals surface area contributed by atoms with Gasteiger partial charge >= 0.3 is 5.97 Å². The van der Waals surface area contributed by atoms with Crippen molar-refractivity contribution in [2.75, 3.05) is 5.32 Å². The molecule has 92 valence electrons. The fraction of sp³-hybridized carbons (Fsp3) is 0.0769. The first kappa shape index (κ1) is 11.9. The van der Waals surface area contributed by atoms with E-state index in [4.69, 9.17) is 9.52 Å². The van der Waals surface area contributed by atoms with E-state index in [1.54, 1.807) is 36.4 Å². The van der Waals surface area contributed by atoms with Crippen molar-refractivity contribution in [2.24, 2.45) is 0 Å². The van der Waals surface area contributed by atoms with Gasteiger partial charge in [0.2, 0.25) is 0 Å². The first-order valence-electron chi connectivity index (χ1n) is 5.31. The molecule has 0 saturated carbocycles. The van der Waals surface area contributed by atoms with Crippen LogP contribution < -0.4 is 5.32 Å². The molecule has 2 N–H and O–H groups in total. The van der Waals surface area contributed by atoms with Gasteiger partial charge in [-0.05, 0) is 29.8 Å². The molecule has 5 heteroatoms. The topological polar surface area (TPSA) is 79.5 Å². The first-order valence-corrected chi connectivity index (χ1v) is 5.31. The predicted molar refractivity (Wildman–Crippen MR) is 64.4 cm³/mol. The van der Waals surface area contributed by atoms with Crippen LogP contribution in [0.4, 0.5) is 5.69 Å². The Hall–Kier alpha value is -2.56. The van der Waals surface area contributed by atoms with Gasteiger partial charge in [0, 0.05) is 5.69 Å². The number of carboxylic acids is 1. The molecule has 1 aromatic heterocycles. The summed E-state index contributed by atoms with van der Waals surface area (Å²) < 4.78 is 4.95. The molecule has 0 aliphatic rings. The number of nitrogens with one attached hydrogen (secondary N) is 1. The van der Waals surface area contributed by atoms with Crippen LogP contribution in [-0.2, 0) is 11.2 Å². The largest absolute Gasteiger partial charge is 0.481 e. The van der Waals surface area contributed by atoms with Gasteiger partial charge in [-0.15, -0.1) is 0 Å². The summed E-state index contributed by atoms with van der Waals surface area (Å²) in [5, 5.41) is 11.3. The van der Waals surface area contributed by atoms with Crippen LogP contribution in [0.15, 0.2) is 47.1 Å². The molecule has 0 atom stereocenters. The van der Waals surface area contributed by atoms with E-state index < -0.39 is 5.97 Å². The second kappa shape index (κ2) is 5.18. The van der Waals surface area contributed by atoms with E-state index >= 15 is 0 Å². The molecule has 0 saturated heterocycles. The van der Waals surface area contributed by atoms with Crippen LogP contribution in [0.25, 0.3) is 0 Å². The lowest BCUT2D eigenvalue weighted by Crippen LogP contribution is -2.10. The highest BCUT2D eigenvalue weighted by molar-refractivity contribution is 6.02. The molecule has 5 nitrogen and oxygen atoms in total.